The van der Waals surface area contributed by atoms with E-state index in [-0.39, 0.29) is 0 Å². The monoisotopic (exact) mass is 1050 g/mol. The summed E-state index contributed by atoms with van der Waals surface area (Å²) in [7, 11) is 0. The van der Waals surface area contributed by atoms with Crippen LogP contribution >= 0.6 is 22.7 Å². The summed E-state index contributed by atoms with van der Waals surface area (Å²) in [5.74, 6) is 0. The lowest BCUT2D eigenvalue weighted by Gasteiger charge is -2.17. The van der Waals surface area contributed by atoms with Gasteiger partial charge in [-0.3, -0.25) is 0 Å². The molecule has 0 saturated heterocycles. The quantitative estimate of drug-likeness (QED) is 0.146. The van der Waals surface area contributed by atoms with Crippen LogP contribution in [0.15, 0.2) is 279 Å². The standard InChI is InChI=1S/C78H46S2/c1-2-17-47(18-3-1)56-28-14-32-71-72-33-16-30-58(78(72)80-77(56)71)55-42-51(49-36-38-68-64-24-7-5-20-60(64)62-22-9-11-26-66(62)74(68)46-49)40-53(44-55)52-39-50(41-54(43-52)57-29-15-31-70-69-27-12-13-34-75(69)79-76(57)70)48-35-37-67-63-23-6-4-19-59(63)61-21-8-10-25-65(61)73(67)45-48/h1-46H. The number of hydrogen-bond acceptors (Lipinski definition) is 2. The van der Waals surface area contributed by atoms with Gasteiger partial charge in [-0.25, -0.2) is 0 Å². The van der Waals surface area contributed by atoms with Gasteiger partial charge in [0.25, 0.3) is 0 Å². The molecule has 0 fully saturated rings. The molecule has 0 atom stereocenters. The van der Waals surface area contributed by atoms with E-state index in [0.717, 1.165) is 0 Å². The lowest BCUT2D eigenvalue weighted by molar-refractivity contribution is 1.58. The fourth-order valence-corrected chi connectivity index (χ4v) is 15.9. The van der Waals surface area contributed by atoms with E-state index in [0.29, 0.717) is 0 Å². The van der Waals surface area contributed by atoms with Crippen molar-refractivity contribution in [1.29, 1.82) is 0 Å². The maximum atomic E-state index is 2.47. The van der Waals surface area contributed by atoms with Crippen LogP contribution in [0, 0.1) is 0 Å². The molecule has 0 aliphatic carbocycles. The van der Waals surface area contributed by atoms with Crippen LogP contribution in [0.2, 0.25) is 0 Å². The van der Waals surface area contributed by atoms with Crippen molar-refractivity contribution in [3.63, 3.8) is 0 Å². The third-order valence-electron chi connectivity index (χ3n) is 17.0. The Morgan fingerprint density at radius 3 is 0.887 bits per heavy atom. The van der Waals surface area contributed by atoms with E-state index in [1.54, 1.807) is 0 Å². The summed E-state index contributed by atoms with van der Waals surface area (Å²) in [6, 6.07) is 105. The van der Waals surface area contributed by atoms with Crippen LogP contribution in [0.25, 0.3) is 172 Å². The fraction of sp³-hybridized carbons (Fsp3) is 0. The van der Waals surface area contributed by atoms with Gasteiger partial charge >= 0.3 is 0 Å². The van der Waals surface area contributed by atoms with Crippen LogP contribution in [-0.2, 0) is 0 Å². The number of rotatable bonds is 6. The van der Waals surface area contributed by atoms with E-state index in [2.05, 4.69) is 279 Å². The highest BCUT2D eigenvalue weighted by Gasteiger charge is 2.20. The van der Waals surface area contributed by atoms with Gasteiger partial charge in [0.15, 0.2) is 0 Å². The van der Waals surface area contributed by atoms with E-state index in [9.17, 15) is 0 Å². The van der Waals surface area contributed by atoms with Gasteiger partial charge in [0, 0.05) is 40.3 Å². The molecule has 0 saturated carbocycles. The zero-order valence-electron chi connectivity index (χ0n) is 43.4. The lowest BCUT2D eigenvalue weighted by Crippen LogP contribution is -1.90. The molecule has 17 aromatic rings. The van der Waals surface area contributed by atoms with Gasteiger partial charge in [0.2, 0.25) is 0 Å². The van der Waals surface area contributed by atoms with Crippen molar-refractivity contribution >= 4 is 128 Å². The average Bonchev–Trinajstić information content (AvgIpc) is 4.20. The third-order valence-corrected chi connectivity index (χ3v) is 19.5. The van der Waals surface area contributed by atoms with Gasteiger partial charge < -0.3 is 0 Å². The molecule has 0 aliphatic heterocycles. The smallest absolute Gasteiger partial charge is 0.0434 e. The molecule has 370 valence electrons. The van der Waals surface area contributed by atoms with Gasteiger partial charge in [0.1, 0.15) is 0 Å². The second kappa shape index (κ2) is 17.9. The maximum Gasteiger partial charge on any atom is 0.0434 e. The molecule has 80 heavy (non-hydrogen) atoms. The van der Waals surface area contributed by atoms with E-state index in [1.807, 2.05) is 22.7 Å². The van der Waals surface area contributed by atoms with Crippen LogP contribution < -0.4 is 0 Å². The Labute approximate surface area is 470 Å². The molecule has 0 aliphatic rings. The van der Waals surface area contributed by atoms with Crippen molar-refractivity contribution in [2.24, 2.45) is 0 Å². The Kier molecular flexibility index (Phi) is 10.2. The minimum absolute atomic E-state index is 1.17. The minimum Gasteiger partial charge on any atom is -0.135 e. The summed E-state index contributed by atoms with van der Waals surface area (Å²) in [5, 5.41) is 20.5. The van der Waals surface area contributed by atoms with Crippen molar-refractivity contribution < 1.29 is 0 Å². The Balaban J connectivity index is 0.942. The van der Waals surface area contributed by atoms with Crippen LogP contribution in [0.5, 0.6) is 0 Å². The van der Waals surface area contributed by atoms with Gasteiger partial charge in [0.05, 0.1) is 0 Å². The SMILES string of the molecule is c1ccc(-c2cccc3c2sc2c(-c4cc(-c5cc(-c6ccc7c8ccccc8c8ccccc8c7c6)cc(-c6cccc7c6sc6ccccc67)c5)cc(-c5ccc6c7ccccc7c7ccccc7c6c5)c4)cccc23)cc1. The predicted octanol–water partition coefficient (Wildman–Crippen LogP) is 23.3. The number of thiophene rings is 2. The Hall–Kier alpha value is -9.70. The molecular weight excluding hydrogens is 1000 g/mol. The molecule has 0 amide bonds. The maximum absolute atomic E-state index is 2.47. The van der Waals surface area contributed by atoms with E-state index in [1.165, 1.54) is 172 Å². The molecule has 2 aromatic heterocycles. The summed E-state index contributed by atoms with van der Waals surface area (Å²) < 4.78 is 5.23. The molecule has 0 radical (unpaired) electrons. The molecule has 2 heteroatoms. The molecule has 2 heterocycles. The number of hydrogen-bond donors (Lipinski definition) is 0. The Morgan fingerprint density at radius 2 is 0.450 bits per heavy atom. The molecule has 15 aromatic carbocycles. The van der Waals surface area contributed by atoms with Crippen molar-refractivity contribution in [3.05, 3.63) is 279 Å². The predicted molar refractivity (Wildman–Crippen MR) is 350 cm³/mol. The minimum atomic E-state index is 1.17. The Bertz CT molecular complexity index is 5350. The lowest BCUT2D eigenvalue weighted by atomic mass is 9.87. The van der Waals surface area contributed by atoms with Crippen LogP contribution in [0.4, 0.5) is 0 Å². The second-order valence-electron chi connectivity index (χ2n) is 21.4. The average molecular weight is 1050 g/mol. The van der Waals surface area contributed by atoms with Crippen LogP contribution in [0.1, 0.15) is 0 Å². The molecule has 0 spiro atoms. The van der Waals surface area contributed by atoms with E-state index < -0.39 is 0 Å². The van der Waals surface area contributed by atoms with E-state index in [4.69, 9.17) is 0 Å². The number of fused-ring (bicyclic) bond motifs is 18. The highest BCUT2D eigenvalue weighted by atomic mass is 32.1. The zero-order valence-corrected chi connectivity index (χ0v) is 45.0. The summed E-state index contributed by atoms with van der Waals surface area (Å²) in [6.45, 7) is 0. The number of benzene rings is 15. The second-order valence-corrected chi connectivity index (χ2v) is 23.5. The first-order valence-electron chi connectivity index (χ1n) is 27.5. The molecular formula is C78H46S2. The fourth-order valence-electron chi connectivity index (χ4n) is 13.3. The molecule has 17 rings (SSSR count). The van der Waals surface area contributed by atoms with Crippen molar-refractivity contribution in [2.75, 3.05) is 0 Å². The molecule has 0 bridgehead atoms. The topological polar surface area (TPSA) is 0 Å². The van der Waals surface area contributed by atoms with Gasteiger partial charge in [-0.05, 0) is 186 Å². The first-order chi connectivity index (χ1) is 39.6. The molecule has 0 N–H and O–H groups in total. The van der Waals surface area contributed by atoms with Crippen molar-refractivity contribution in [2.45, 2.75) is 0 Å². The van der Waals surface area contributed by atoms with Crippen molar-refractivity contribution in [1.82, 2.24) is 0 Å². The summed E-state index contributed by atoms with van der Waals surface area (Å²) in [4.78, 5) is 0. The van der Waals surface area contributed by atoms with Gasteiger partial charge in [-0.15, -0.1) is 22.7 Å². The molecule has 0 unspecified atom stereocenters. The first kappa shape index (κ1) is 45.3. The summed E-state index contributed by atoms with van der Waals surface area (Å²) in [6.07, 6.45) is 0. The van der Waals surface area contributed by atoms with Crippen LogP contribution in [-0.4, -0.2) is 0 Å². The Morgan fingerprint density at radius 1 is 0.150 bits per heavy atom. The third kappa shape index (κ3) is 7.06. The van der Waals surface area contributed by atoms with Gasteiger partial charge in [-0.2, -0.15) is 0 Å². The van der Waals surface area contributed by atoms with Gasteiger partial charge in [-0.1, -0.05) is 224 Å². The summed E-state index contributed by atoms with van der Waals surface area (Å²) >= 11 is 3.81. The highest BCUT2D eigenvalue weighted by molar-refractivity contribution is 7.27. The largest absolute Gasteiger partial charge is 0.135 e. The normalized spacial score (nSPS) is 12.0. The first-order valence-corrected chi connectivity index (χ1v) is 29.2. The highest BCUT2D eigenvalue weighted by Crippen LogP contribution is 2.48. The van der Waals surface area contributed by atoms with Crippen molar-refractivity contribution in [3.8, 4) is 66.8 Å². The molecule has 0 nitrogen and oxygen atoms in total. The van der Waals surface area contributed by atoms with Crippen LogP contribution in [0.3, 0.4) is 0 Å². The van der Waals surface area contributed by atoms with E-state index >= 15 is 0 Å². The summed E-state index contributed by atoms with van der Waals surface area (Å²) in [5.41, 5.74) is 14.5. The zero-order chi connectivity index (χ0) is 52.4.